The molecule has 1 heterocycles. The van der Waals surface area contributed by atoms with Crippen LogP contribution in [0, 0.1) is 17.1 Å². The summed E-state index contributed by atoms with van der Waals surface area (Å²) in [5.41, 5.74) is 0.335. The van der Waals surface area contributed by atoms with Gasteiger partial charge < -0.3 is 10.1 Å². The molecule has 1 aromatic carbocycles. The SMILES string of the molecule is CC(C)Oc1nc(Cl)nc(Nc2ccc(C#N)cc2F)n1. The number of nitrogens with zero attached hydrogens (tertiary/aromatic N) is 4. The second kappa shape index (κ2) is 6.33. The van der Waals surface area contributed by atoms with Crippen molar-refractivity contribution >= 4 is 23.2 Å². The lowest BCUT2D eigenvalue weighted by Crippen LogP contribution is -2.10. The van der Waals surface area contributed by atoms with Crippen LogP contribution in [-0.4, -0.2) is 21.1 Å². The monoisotopic (exact) mass is 307 g/mol. The minimum Gasteiger partial charge on any atom is -0.461 e. The number of halogens is 2. The fraction of sp³-hybridized carbons (Fsp3) is 0.231. The van der Waals surface area contributed by atoms with Crippen LogP contribution < -0.4 is 10.1 Å². The largest absolute Gasteiger partial charge is 0.461 e. The minimum absolute atomic E-state index is 0.0431. The van der Waals surface area contributed by atoms with E-state index in [-0.39, 0.29) is 34.6 Å². The number of aromatic nitrogens is 3. The van der Waals surface area contributed by atoms with Gasteiger partial charge in [-0.3, -0.25) is 0 Å². The predicted molar refractivity (Wildman–Crippen MR) is 75.0 cm³/mol. The summed E-state index contributed by atoms with van der Waals surface area (Å²) < 4.78 is 19.1. The smallest absolute Gasteiger partial charge is 0.322 e. The number of anilines is 2. The number of benzene rings is 1. The van der Waals surface area contributed by atoms with E-state index in [4.69, 9.17) is 21.6 Å². The first kappa shape index (κ1) is 14.9. The van der Waals surface area contributed by atoms with Gasteiger partial charge >= 0.3 is 6.01 Å². The van der Waals surface area contributed by atoms with E-state index in [1.54, 1.807) is 0 Å². The molecule has 0 radical (unpaired) electrons. The van der Waals surface area contributed by atoms with Crippen molar-refractivity contribution < 1.29 is 9.13 Å². The fourth-order valence-corrected chi connectivity index (χ4v) is 1.61. The third-order valence-electron chi connectivity index (χ3n) is 2.27. The molecular formula is C13H11ClFN5O. The van der Waals surface area contributed by atoms with Gasteiger partial charge in [0.15, 0.2) is 0 Å². The maximum atomic E-state index is 13.8. The van der Waals surface area contributed by atoms with E-state index < -0.39 is 5.82 Å². The number of ether oxygens (including phenoxy) is 1. The van der Waals surface area contributed by atoms with E-state index in [9.17, 15) is 4.39 Å². The molecule has 0 aliphatic heterocycles. The summed E-state index contributed by atoms with van der Waals surface area (Å²) in [5, 5.41) is 11.3. The summed E-state index contributed by atoms with van der Waals surface area (Å²) in [6.07, 6.45) is -0.136. The van der Waals surface area contributed by atoms with Gasteiger partial charge in [0.25, 0.3) is 0 Å². The molecule has 0 spiro atoms. The molecule has 0 aliphatic carbocycles. The Morgan fingerprint density at radius 1 is 1.33 bits per heavy atom. The van der Waals surface area contributed by atoms with Gasteiger partial charge in [0.05, 0.1) is 23.4 Å². The summed E-state index contributed by atoms with van der Waals surface area (Å²) in [6.45, 7) is 3.62. The Morgan fingerprint density at radius 2 is 2.10 bits per heavy atom. The zero-order valence-corrected chi connectivity index (χ0v) is 12.0. The Hall–Kier alpha value is -2.46. The number of nitrogens with one attached hydrogen (secondary N) is 1. The average molecular weight is 308 g/mol. The van der Waals surface area contributed by atoms with Gasteiger partial charge in [0, 0.05) is 0 Å². The van der Waals surface area contributed by atoms with Crippen LogP contribution in [0.3, 0.4) is 0 Å². The van der Waals surface area contributed by atoms with Gasteiger partial charge in [-0.2, -0.15) is 20.2 Å². The number of rotatable bonds is 4. The van der Waals surface area contributed by atoms with Crippen molar-refractivity contribution in [3.8, 4) is 12.1 Å². The highest BCUT2D eigenvalue weighted by molar-refractivity contribution is 6.28. The molecule has 6 nitrogen and oxygen atoms in total. The van der Waals surface area contributed by atoms with Crippen LogP contribution >= 0.6 is 11.6 Å². The zero-order chi connectivity index (χ0) is 15.4. The highest BCUT2D eigenvalue weighted by Crippen LogP contribution is 2.20. The Balaban J connectivity index is 2.27. The van der Waals surface area contributed by atoms with Crippen LogP contribution in [0.15, 0.2) is 18.2 Å². The lowest BCUT2D eigenvalue weighted by molar-refractivity contribution is 0.222. The topological polar surface area (TPSA) is 83.7 Å². The zero-order valence-electron chi connectivity index (χ0n) is 11.3. The highest BCUT2D eigenvalue weighted by Gasteiger charge is 2.10. The second-order valence-electron chi connectivity index (χ2n) is 4.31. The molecule has 21 heavy (non-hydrogen) atoms. The molecule has 1 aromatic heterocycles. The molecule has 0 bridgehead atoms. The van der Waals surface area contributed by atoms with Crippen molar-refractivity contribution in [2.45, 2.75) is 20.0 Å². The van der Waals surface area contributed by atoms with E-state index in [2.05, 4.69) is 20.3 Å². The van der Waals surface area contributed by atoms with Crippen LogP contribution in [-0.2, 0) is 0 Å². The molecule has 0 saturated carbocycles. The van der Waals surface area contributed by atoms with Crippen LogP contribution in [0.1, 0.15) is 19.4 Å². The second-order valence-corrected chi connectivity index (χ2v) is 4.65. The van der Waals surface area contributed by atoms with E-state index in [1.807, 2.05) is 19.9 Å². The molecule has 8 heteroatoms. The van der Waals surface area contributed by atoms with Gasteiger partial charge in [-0.05, 0) is 43.6 Å². The fourth-order valence-electron chi connectivity index (χ4n) is 1.46. The van der Waals surface area contributed by atoms with Crippen LogP contribution in [0.2, 0.25) is 5.28 Å². The molecule has 0 amide bonds. The van der Waals surface area contributed by atoms with E-state index in [1.165, 1.54) is 12.1 Å². The summed E-state index contributed by atoms with van der Waals surface area (Å²) >= 11 is 5.77. The van der Waals surface area contributed by atoms with Crippen molar-refractivity contribution in [2.24, 2.45) is 0 Å². The molecule has 0 aliphatic rings. The predicted octanol–water partition coefficient (Wildman–Crippen LogP) is 3.07. The van der Waals surface area contributed by atoms with Gasteiger partial charge in [0.2, 0.25) is 11.2 Å². The van der Waals surface area contributed by atoms with Gasteiger partial charge in [-0.15, -0.1) is 0 Å². The Labute approximate surface area is 125 Å². The van der Waals surface area contributed by atoms with Gasteiger partial charge in [-0.1, -0.05) is 0 Å². The molecule has 1 N–H and O–H groups in total. The quantitative estimate of drug-likeness (QED) is 0.934. The molecule has 0 atom stereocenters. The third kappa shape index (κ3) is 4.00. The number of hydrogen-bond donors (Lipinski definition) is 1. The van der Waals surface area contributed by atoms with Crippen LogP contribution in [0.4, 0.5) is 16.0 Å². The first-order chi connectivity index (χ1) is 9.97. The van der Waals surface area contributed by atoms with E-state index >= 15 is 0 Å². The molecule has 108 valence electrons. The summed E-state index contributed by atoms with van der Waals surface area (Å²) in [6, 6.07) is 5.88. The maximum absolute atomic E-state index is 13.8. The van der Waals surface area contributed by atoms with Crippen molar-refractivity contribution in [2.75, 3.05) is 5.32 Å². The Morgan fingerprint density at radius 3 is 2.71 bits per heavy atom. The van der Waals surface area contributed by atoms with Crippen molar-refractivity contribution in [3.05, 3.63) is 34.9 Å². The van der Waals surface area contributed by atoms with Crippen molar-refractivity contribution in [1.82, 2.24) is 15.0 Å². The first-order valence-electron chi connectivity index (χ1n) is 6.03. The van der Waals surface area contributed by atoms with E-state index in [0.717, 1.165) is 6.07 Å². The summed E-state index contributed by atoms with van der Waals surface area (Å²) in [4.78, 5) is 11.6. The van der Waals surface area contributed by atoms with Gasteiger partial charge in [0.1, 0.15) is 5.82 Å². The average Bonchev–Trinajstić information content (AvgIpc) is 2.39. The summed E-state index contributed by atoms with van der Waals surface area (Å²) in [5.74, 6) is -0.550. The van der Waals surface area contributed by atoms with Gasteiger partial charge in [-0.25, -0.2) is 4.39 Å². The molecule has 0 fully saturated rings. The highest BCUT2D eigenvalue weighted by atomic mass is 35.5. The van der Waals surface area contributed by atoms with Crippen LogP contribution in [0.5, 0.6) is 6.01 Å². The standard InChI is InChI=1S/C13H11ClFN5O/c1-7(2)21-13-19-11(14)18-12(20-13)17-10-4-3-8(6-16)5-9(10)15/h3-5,7H,1-2H3,(H,17,18,19,20). The molecule has 0 saturated heterocycles. The summed E-state index contributed by atoms with van der Waals surface area (Å²) in [7, 11) is 0. The number of hydrogen-bond acceptors (Lipinski definition) is 6. The Kier molecular flexibility index (Phi) is 4.50. The normalized spacial score (nSPS) is 10.3. The molecular weight excluding hydrogens is 297 g/mol. The number of nitriles is 1. The maximum Gasteiger partial charge on any atom is 0.322 e. The van der Waals surface area contributed by atoms with Crippen molar-refractivity contribution in [1.29, 1.82) is 5.26 Å². The van der Waals surface area contributed by atoms with Crippen molar-refractivity contribution in [3.63, 3.8) is 0 Å². The molecule has 0 unspecified atom stereocenters. The first-order valence-corrected chi connectivity index (χ1v) is 6.40. The van der Waals surface area contributed by atoms with E-state index in [0.29, 0.717) is 0 Å². The molecule has 2 aromatic rings. The Bertz CT molecular complexity index is 701. The lowest BCUT2D eigenvalue weighted by atomic mass is 10.2. The minimum atomic E-state index is -0.600. The lowest BCUT2D eigenvalue weighted by Gasteiger charge is -2.10. The third-order valence-corrected chi connectivity index (χ3v) is 2.44. The van der Waals surface area contributed by atoms with Crippen LogP contribution in [0.25, 0.3) is 0 Å². The molecule has 2 rings (SSSR count).